The zero-order chi connectivity index (χ0) is 14.1. The number of anilines is 1. The molecule has 0 radical (unpaired) electrons. The van der Waals surface area contributed by atoms with E-state index in [0.717, 1.165) is 5.69 Å². The predicted molar refractivity (Wildman–Crippen MR) is 76.3 cm³/mol. The van der Waals surface area contributed by atoms with Crippen LogP contribution in [0, 0.1) is 6.92 Å². The Hall–Kier alpha value is -1.55. The van der Waals surface area contributed by atoms with Gasteiger partial charge in [-0.15, -0.1) is 0 Å². The molecule has 0 aromatic heterocycles. The molecule has 0 bridgehead atoms. The summed E-state index contributed by atoms with van der Waals surface area (Å²) in [5.41, 5.74) is 2.22. The minimum absolute atomic E-state index is 0.168. The molecular weight excluding hydrogens is 242 g/mol. The first kappa shape index (κ1) is 15.5. The highest BCUT2D eigenvalue weighted by Gasteiger charge is 2.03. The van der Waals surface area contributed by atoms with Crippen molar-refractivity contribution in [3.8, 4) is 0 Å². The zero-order valence-corrected chi connectivity index (χ0v) is 11.9. The first-order valence-electron chi connectivity index (χ1n) is 6.66. The molecule has 0 aliphatic heterocycles. The summed E-state index contributed by atoms with van der Waals surface area (Å²) in [6.45, 7) is 7.29. The fourth-order valence-electron chi connectivity index (χ4n) is 1.58. The van der Waals surface area contributed by atoms with Crippen molar-refractivity contribution in [1.29, 1.82) is 0 Å². The van der Waals surface area contributed by atoms with Crippen LogP contribution in [0.2, 0.25) is 0 Å². The number of para-hydroxylation sites is 1. The standard InChI is InChI=1S/C15H23NO3/c1-12(2)18-10-11-19-15(17)8-9-16-14-7-5-4-6-13(14)3/h4-7,12,16H,8-11H2,1-3H3. The topological polar surface area (TPSA) is 47.6 Å². The van der Waals surface area contributed by atoms with Gasteiger partial charge in [-0.25, -0.2) is 0 Å². The molecule has 1 rings (SSSR count). The third kappa shape index (κ3) is 6.82. The first-order chi connectivity index (χ1) is 9.09. The molecular formula is C15H23NO3. The predicted octanol–water partition coefficient (Wildman–Crippen LogP) is 2.77. The Balaban J connectivity index is 2.12. The Bertz CT molecular complexity index is 391. The van der Waals surface area contributed by atoms with Crippen LogP contribution >= 0.6 is 0 Å². The molecule has 0 saturated heterocycles. The maximum atomic E-state index is 11.4. The second-order valence-corrected chi connectivity index (χ2v) is 4.63. The van der Waals surface area contributed by atoms with Crippen molar-refractivity contribution >= 4 is 11.7 Å². The monoisotopic (exact) mass is 265 g/mol. The Morgan fingerprint density at radius 3 is 2.68 bits per heavy atom. The molecule has 106 valence electrons. The molecule has 4 heteroatoms. The van der Waals surface area contributed by atoms with Gasteiger partial charge in [-0.1, -0.05) is 18.2 Å². The van der Waals surface area contributed by atoms with E-state index in [4.69, 9.17) is 9.47 Å². The van der Waals surface area contributed by atoms with Gasteiger partial charge in [-0.3, -0.25) is 4.79 Å². The van der Waals surface area contributed by atoms with Gasteiger partial charge in [0.25, 0.3) is 0 Å². The molecule has 1 N–H and O–H groups in total. The number of hydrogen-bond donors (Lipinski definition) is 1. The van der Waals surface area contributed by atoms with E-state index in [9.17, 15) is 4.79 Å². The van der Waals surface area contributed by atoms with Crippen LogP contribution in [-0.4, -0.2) is 31.8 Å². The zero-order valence-electron chi connectivity index (χ0n) is 11.9. The van der Waals surface area contributed by atoms with E-state index in [2.05, 4.69) is 5.32 Å². The molecule has 0 aliphatic rings. The third-order valence-corrected chi connectivity index (χ3v) is 2.59. The van der Waals surface area contributed by atoms with Gasteiger partial charge in [-0.2, -0.15) is 0 Å². The molecule has 0 saturated carbocycles. The van der Waals surface area contributed by atoms with E-state index in [-0.39, 0.29) is 12.1 Å². The minimum atomic E-state index is -0.201. The molecule has 0 amide bonds. The van der Waals surface area contributed by atoms with E-state index in [1.165, 1.54) is 5.56 Å². The van der Waals surface area contributed by atoms with Crippen LogP contribution in [0.25, 0.3) is 0 Å². The van der Waals surface area contributed by atoms with Crippen LogP contribution in [0.4, 0.5) is 5.69 Å². The Labute approximate surface area is 115 Å². The molecule has 4 nitrogen and oxygen atoms in total. The Morgan fingerprint density at radius 1 is 1.26 bits per heavy atom. The molecule has 1 aromatic carbocycles. The number of nitrogens with one attached hydrogen (secondary N) is 1. The van der Waals surface area contributed by atoms with E-state index < -0.39 is 0 Å². The third-order valence-electron chi connectivity index (χ3n) is 2.59. The van der Waals surface area contributed by atoms with E-state index in [0.29, 0.717) is 26.2 Å². The van der Waals surface area contributed by atoms with Crippen molar-refractivity contribution in [2.45, 2.75) is 33.3 Å². The normalized spacial score (nSPS) is 10.5. The highest BCUT2D eigenvalue weighted by molar-refractivity contribution is 5.70. The van der Waals surface area contributed by atoms with Gasteiger partial charge < -0.3 is 14.8 Å². The minimum Gasteiger partial charge on any atom is -0.463 e. The maximum Gasteiger partial charge on any atom is 0.307 e. The number of ether oxygens (including phenoxy) is 2. The summed E-state index contributed by atoms with van der Waals surface area (Å²) in [4.78, 5) is 11.4. The molecule has 19 heavy (non-hydrogen) atoms. The molecule has 0 fully saturated rings. The SMILES string of the molecule is Cc1ccccc1NCCC(=O)OCCOC(C)C. The van der Waals surface area contributed by atoms with E-state index in [1.54, 1.807) is 0 Å². The molecule has 1 aromatic rings. The first-order valence-corrected chi connectivity index (χ1v) is 6.66. The van der Waals surface area contributed by atoms with Gasteiger partial charge in [0.1, 0.15) is 6.61 Å². The number of esters is 1. The van der Waals surface area contributed by atoms with Crippen LogP contribution in [-0.2, 0) is 14.3 Å². The number of hydrogen-bond acceptors (Lipinski definition) is 4. The summed E-state index contributed by atoms with van der Waals surface area (Å²) in [5.74, 6) is -0.201. The Morgan fingerprint density at radius 2 is 2.00 bits per heavy atom. The number of benzene rings is 1. The van der Waals surface area contributed by atoms with Crippen molar-refractivity contribution in [2.75, 3.05) is 25.1 Å². The van der Waals surface area contributed by atoms with Crippen molar-refractivity contribution in [3.05, 3.63) is 29.8 Å². The van der Waals surface area contributed by atoms with Crippen LogP contribution in [0.5, 0.6) is 0 Å². The highest BCUT2D eigenvalue weighted by atomic mass is 16.6. The fraction of sp³-hybridized carbons (Fsp3) is 0.533. The lowest BCUT2D eigenvalue weighted by molar-refractivity contribution is -0.145. The van der Waals surface area contributed by atoms with Crippen LogP contribution < -0.4 is 5.32 Å². The van der Waals surface area contributed by atoms with Crippen LogP contribution in [0.3, 0.4) is 0 Å². The van der Waals surface area contributed by atoms with Gasteiger partial charge in [0.05, 0.1) is 19.1 Å². The van der Waals surface area contributed by atoms with E-state index in [1.807, 2.05) is 45.0 Å². The molecule has 0 aliphatic carbocycles. The molecule has 0 heterocycles. The van der Waals surface area contributed by atoms with Crippen molar-refractivity contribution in [1.82, 2.24) is 0 Å². The highest BCUT2D eigenvalue weighted by Crippen LogP contribution is 2.12. The summed E-state index contributed by atoms with van der Waals surface area (Å²) in [5, 5.41) is 3.22. The summed E-state index contributed by atoms with van der Waals surface area (Å²) >= 11 is 0. The number of rotatable bonds is 8. The average Bonchev–Trinajstić information content (AvgIpc) is 2.37. The largest absolute Gasteiger partial charge is 0.463 e. The van der Waals surface area contributed by atoms with Crippen LogP contribution in [0.1, 0.15) is 25.8 Å². The lowest BCUT2D eigenvalue weighted by Crippen LogP contribution is -2.16. The fourth-order valence-corrected chi connectivity index (χ4v) is 1.58. The number of carbonyl (C=O) groups excluding carboxylic acids is 1. The summed E-state index contributed by atoms with van der Waals surface area (Å²) < 4.78 is 10.3. The van der Waals surface area contributed by atoms with Gasteiger partial charge >= 0.3 is 5.97 Å². The second kappa shape index (κ2) is 8.53. The smallest absolute Gasteiger partial charge is 0.307 e. The van der Waals surface area contributed by atoms with Gasteiger partial charge in [0, 0.05) is 12.2 Å². The lowest BCUT2D eigenvalue weighted by atomic mass is 10.2. The Kier molecular flexibility index (Phi) is 6.97. The van der Waals surface area contributed by atoms with Crippen molar-refractivity contribution in [2.24, 2.45) is 0 Å². The lowest BCUT2D eigenvalue weighted by Gasteiger charge is -2.10. The molecule has 0 spiro atoms. The van der Waals surface area contributed by atoms with Gasteiger partial charge in [-0.05, 0) is 32.4 Å². The number of aryl methyl sites for hydroxylation is 1. The quantitative estimate of drug-likeness (QED) is 0.580. The number of carbonyl (C=O) groups is 1. The van der Waals surface area contributed by atoms with Crippen molar-refractivity contribution < 1.29 is 14.3 Å². The molecule has 0 unspecified atom stereocenters. The summed E-state index contributed by atoms with van der Waals surface area (Å²) in [6.07, 6.45) is 0.525. The van der Waals surface area contributed by atoms with Gasteiger partial charge in [0.15, 0.2) is 0 Å². The van der Waals surface area contributed by atoms with E-state index >= 15 is 0 Å². The van der Waals surface area contributed by atoms with Gasteiger partial charge in [0.2, 0.25) is 0 Å². The second-order valence-electron chi connectivity index (χ2n) is 4.63. The summed E-state index contributed by atoms with van der Waals surface area (Å²) in [7, 11) is 0. The van der Waals surface area contributed by atoms with Crippen molar-refractivity contribution in [3.63, 3.8) is 0 Å². The molecule has 0 atom stereocenters. The maximum absolute atomic E-state index is 11.4. The average molecular weight is 265 g/mol. The summed E-state index contributed by atoms with van der Waals surface area (Å²) in [6, 6.07) is 7.99. The van der Waals surface area contributed by atoms with Crippen LogP contribution in [0.15, 0.2) is 24.3 Å².